The fourth-order valence-electron chi connectivity index (χ4n) is 7.60. The molecule has 0 saturated heterocycles. The van der Waals surface area contributed by atoms with E-state index in [1.54, 1.807) is 12.1 Å². The van der Waals surface area contributed by atoms with E-state index in [1.165, 1.54) is 58.4 Å². The van der Waals surface area contributed by atoms with Crippen LogP contribution in [0.2, 0.25) is 13.1 Å². The van der Waals surface area contributed by atoms with Gasteiger partial charge in [0.2, 0.25) is 8.32 Å². The molecule has 0 spiro atoms. The van der Waals surface area contributed by atoms with Crippen molar-refractivity contribution in [2.75, 3.05) is 0 Å². The third-order valence-corrected chi connectivity index (χ3v) is 20.8. The summed E-state index contributed by atoms with van der Waals surface area (Å²) < 4.78 is 25.3. The first-order chi connectivity index (χ1) is 37.8. The van der Waals surface area contributed by atoms with Crippen molar-refractivity contribution in [2.45, 2.75) is 38.6 Å². The van der Waals surface area contributed by atoms with Gasteiger partial charge in [0, 0.05) is 24.8 Å². The van der Waals surface area contributed by atoms with E-state index in [-0.39, 0.29) is 24.0 Å². The number of hydrogen-bond acceptors (Lipinski definition) is 4. The van der Waals surface area contributed by atoms with Crippen LogP contribution in [-0.2, 0) is 40.9 Å². The van der Waals surface area contributed by atoms with Crippen LogP contribution in [0.4, 0.5) is 0 Å². The average Bonchev–Trinajstić information content (AvgIpc) is 3.49. The average molecular weight is 1530 g/mol. The Morgan fingerprint density at radius 3 is 0.949 bits per heavy atom. The molecule has 4 nitrogen and oxygen atoms in total. The second kappa shape index (κ2) is 37.2. The summed E-state index contributed by atoms with van der Waals surface area (Å²) in [5.41, 5.74) is 3.38. The number of hydrogen-bond donors (Lipinski definition) is 0. The predicted molar refractivity (Wildman–Crippen MR) is 359 cm³/mol. The molecule has 79 heavy (non-hydrogen) atoms. The topological polar surface area (TPSA) is 60.4 Å². The first kappa shape index (κ1) is 66.6. The molecule has 405 valence electrons. The Balaban J connectivity index is 0.000000215. The normalized spacial score (nSPS) is 10.4. The van der Waals surface area contributed by atoms with Gasteiger partial charge in [-0.25, -0.2) is 0 Å². The van der Waals surface area contributed by atoms with Gasteiger partial charge in [0.05, 0.1) is 6.61 Å². The molecule has 0 aliphatic rings. The Hall–Kier alpha value is -4.92. The minimum atomic E-state index is -2.17. The zero-order valence-electron chi connectivity index (χ0n) is 45.1. The van der Waals surface area contributed by atoms with Crippen LogP contribution in [0.1, 0.15) is 35.3 Å². The fourth-order valence-corrected chi connectivity index (χ4v) is 14.8. The third kappa shape index (κ3) is 24.4. The molecule has 10 aromatic rings. The summed E-state index contributed by atoms with van der Waals surface area (Å²) in [4.78, 5) is 10.1. The first-order valence-electron chi connectivity index (χ1n) is 25.3. The monoisotopic (exact) mass is 1530 g/mol. The zero-order valence-corrected chi connectivity index (χ0v) is 58.1. The zero-order chi connectivity index (χ0) is 55.9. The Labute approximate surface area is 518 Å². The number of carbonyl (C=O) groups excluding carboxylic acids is 1. The molecule has 0 amide bonds. The summed E-state index contributed by atoms with van der Waals surface area (Å²) in [7, 11) is -1.46. The van der Waals surface area contributed by atoms with Crippen LogP contribution < -0.4 is 37.0 Å². The van der Waals surface area contributed by atoms with Crippen LogP contribution in [0.3, 0.4) is 0 Å². The molecule has 0 saturated carbocycles. The van der Waals surface area contributed by atoms with Crippen LogP contribution in [0.15, 0.2) is 300 Å². The van der Waals surface area contributed by atoms with Crippen molar-refractivity contribution >= 4 is 134 Å². The van der Waals surface area contributed by atoms with Crippen molar-refractivity contribution in [3.63, 3.8) is 0 Å². The van der Waals surface area contributed by atoms with Crippen LogP contribution >= 0.6 is 71.7 Å². The van der Waals surface area contributed by atoms with E-state index >= 15 is 0 Å². The Kier molecular flexibility index (Phi) is 31.3. The van der Waals surface area contributed by atoms with Gasteiger partial charge in [-0.3, -0.25) is 4.79 Å². The number of benzene rings is 10. The van der Waals surface area contributed by atoms with Gasteiger partial charge in [-0.15, -0.1) is 24.0 Å². The summed E-state index contributed by atoms with van der Waals surface area (Å²) in [6, 6.07) is 101. The largest absolute Gasteiger partial charge is 0.0622 e. The van der Waals surface area contributed by atoms with Crippen molar-refractivity contribution in [1.82, 2.24) is 0 Å². The van der Waals surface area contributed by atoms with Gasteiger partial charge in [0.15, 0.2) is 0 Å². The SMILES string of the molecule is CC(C)([SiH3])c1ccccc1.C[Si](C)(OCc1ccc(Br)cc1)c1ccccc1.I.O=Cc1ccc(Br)cc1.[O]=[Re]=[O].c1ccc(P(c2ccccc2)c2ccccc2)cc1.c1ccc(P(c2ccccc2)c2ccccc2)cc1. The van der Waals surface area contributed by atoms with Gasteiger partial charge >= 0.3 is 24.8 Å². The molecule has 0 aliphatic carbocycles. The molecule has 0 radical (unpaired) electrons. The van der Waals surface area contributed by atoms with Gasteiger partial charge in [0.25, 0.3) is 0 Å². The Morgan fingerprint density at radius 2 is 0.696 bits per heavy atom. The summed E-state index contributed by atoms with van der Waals surface area (Å²) >= 11 is 4.53. The molecule has 10 rings (SSSR count). The van der Waals surface area contributed by atoms with Crippen LogP contribution in [0.25, 0.3) is 0 Å². The quantitative estimate of drug-likeness (QED) is 0.0529. The molecule has 0 unspecified atom stereocenters. The molecule has 0 aromatic heterocycles. The molecule has 0 atom stereocenters. The van der Waals surface area contributed by atoms with E-state index in [0.717, 1.165) is 15.2 Å². The summed E-state index contributed by atoms with van der Waals surface area (Å²) in [5, 5.41) is 10.2. The number of rotatable bonds is 12. The molecule has 0 aliphatic heterocycles. The standard InChI is InChI=1S/2C18H15P.C15H17BrOSi.C9H14Si.C7H5BrO.HI.2O.Re/c2*1-4-10-16(11-5-1)19(17-12-6-2-7-13-17)18-14-8-3-9-15-18;1-18(2,15-6-4-3-5-7-15)17-12-13-8-10-14(16)11-9-13;1-9(2,10)8-6-4-3-5-7-8;8-7-3-1-6(5-9)2-4-7;;;;/h2*1-15H;3-11H,12H2,1-2H3;3-7H,1-2,10H3;1-5H;1H;;;. The summed E-state index contributed by atoms with van der Waals surface area (Å²) in [5.74, 6) is 0. The van der Waals surface area contributed by atoms with E-state index in [9.17, 15) is 4.79 Å². The van der Waals surface area contributed by atoms with Gasteiger partial charge in [0.1, 0.15) is 6.29 Å². The molecular weight excluding hydrogens is 1460 g/mol. The molecule has 0 bridgehead atoms. The van der Waals surface area contributed by atoms with E-state index < -0.39 is 42.1 Å². The molecule has 0 heterocycles. The van der Waals surface area contributed by atoms with Crippen molar-refractivity contribution in [2.24, 2.45) is 0 Å². The minimum Gasteiger partial charge on any atom is -0.0622 e. The molecule has 0 N–H and O–H groups in total. The fraction of sp³-hybridized carbons (Fsp3) is 0.0896. The van der Waals surface area contributed by atoms with Gasteiger partial charge in [-0.2, -0.15) is 0 Å². The van der Waals surface area contributed by atoms with Crippen molar-refractivity contribution < 1.29 is 34.1 Å². The summed E-state index contributed by atoms with van der Waals surface area (Å²) in [6.07, 6.45) is 0.826. The van der Waals surface area contributed by atoms with Crippen LogP contribution in [-0.4, -0.2) is 24.8 Å². The van der Waals surface area contributed by atoms with Crippen molar-refractivity contribution in [3.8, 4) is 0 Å². The summed E-state index contributed by atoms with van der Waals surface area (Å²) in [6.45, 7) is 9.73. The molecule has 10 aromatic carbocycles. The van der Waals surface area contributed by atoms with Crippen molar-refractivity contribution in [3.05, 3.63) is 317 Å². The predicted octanol–water partition coefficient (Wildman–Crippen LogP) is 14.9. The maximum Gasteiger partial charge on any atom is -0.0134 e. The smallest absolute Gasteiger partial charge is 0.0134 e. The van der Waals surface area contributed by atoms with Gasteiger partial charge < -0.3 is 4.43 Å². The Morgan fingerprint density at radius 1 is 0.443 bits per heavy atom. The first-order valence-corrected chi connectivity index (χ1v) is 35.7. The number of halogens is 3. The van der Waals surface area contributed by atoms with Crippen LogP contribution in [0, 0.1) is 0 Å². The van der Waals surface area contributed by atoms with E-state index in [1.807, 2.05) is 18.2 Å². The van der Waals surface area contributed by atoms with Crippen LogP contribution in [0.5, 0.6) is 0 Å². The van der Waals surface area contributed by atoms with Crippen molar-refractivity contribution in [1.29, 1.82) is 0 Å². The second-order valence-electron chi connectivity index (χ2n) is 18.8. The number of carbonyl (C=O) groups is 1. The second-order valence-corrected chi connectivity index (χ2v) is 31.9. The Bertz CT molecular complexity index is 2920. The minimum absolute atomic E-state index is 0. The molecule has 0 fully saturated rings. The van der Waals surface area contributed by atoms with Gasteiger partial charge in [-0.1, -0.05) is 313 Å². The molecule has 12 heteroatoms. The maximum atomic E-state index is 10.1. The molecular formula is C67H67Br2IO4P2ReSi2. The van der Waals surface area contributed by atoms with E-state index in [4.69, 9.17) is 11.4 Å². The van der Waals surface area contributed by atoms with Gasteiger partial charge in [-0.05, 0) is 106 Å². The third-order valence-electron chi connectivity index (χ3n) is 11.7. The van der Waals surface area contributed by atoms with E-state index in [2.05, 4.69) is 320 Å². The number of aldehydes is 1. The van der Waals surface area contributed by atoms with E-state index in [0.29, 0.717) is 17.2 Å². The maximum absolute atomic E-state index is 10.1.